The summed E-state index contributed by atoms with van der Waals surface area (Å²) in [5.74, 6) is -1.47. The number of hydrogen-bond acceptors (Lipinski definition) is 4. The molecule has 0 unspecified atom stereocenters. The second-order valence-electron chi connectivity index (χ2n) is 5.12. The zero-order valence-electron chi connectivity index (χ0n) is 11.8. The van der Waals surface area contributed by atoms with Crippen molar-refractivity contribution in [2.45, 2.75) is 13.0 Å². The lowest BCUT2D eigenvalue weighted by Gasteiger charge is -2.16. The number of halogens is 2. The average Bonchev–Trinajstić information content (AvgIpc) is 2.82. The zero-order chi connectivity index (χ0) is 15.5. The highest BCUT2D eigenvalue weighted by atomic mass is 19.1. The van der Waals surface area contributed by atoms with Gasteiger partial charge in [-0.1, -0.05) is 6.07 Å². The SMILES string of the molecule is O=C1CCN(Cc2coc(-c3c(F)cccc3F)n2)CCN1. The number of benzene rings is 1. The van der Waals surface area contributed by atoms with Crippen LogP contribution in [0.15, 0.2) is 28.9 Å². The van der Waals surface area contributed by atoms with Crippen LogP contribution in [0.5, 0.6) is 0 Å². The summed E-state index contributed by atoms with van der Waals surface area (Å²) in [5.41, 5.74) is 0.313. The number of nitrogens with one attached hydrogen (secondary N) is 1. The van der Waals surface area contributed by atoms with E-state index in [1.54, 1.807) is 0 Å². The molecule has 1 amide bonds. The van der Waals surface area contributed by atoms with Crippen molar-refractivity contribution >= 4 is 5.91 Å². The van der Waals surface area contributed by atoms with Gasteiger partial charge >= 0.3 is 0 Å². The lowest BCUT2D eigenvalue weighted by molar-refractivity contribution is -0.120. The molecule has 116 valence electrons. The van der Waals surface area contributed by atoms with E-state index in [2.05, 4.69) is 10.3 Å². The Morgan fingerprint density at radius 3 is 2.82 bits per heavy atom. The Hall–Kier alpha value is -2.28. The van der Waals surface area contributed by atoms with Gasteiger partial charge in [-0.25, -0.2) is 13.8 Å². The molecule has 0 saturated carbocycles. The van der Waals surface area contributed by atoms with Crippen LogP contribution in [0.2, 0.25) is 0 Å². The number of carbonyl (C=O) groups excluding carboxylic acids is 1. The van der Waals surface area contributed by atoms with E-state index in [1.165, 1.54) is 12.3 Å². The zero-order valence-corrected chi connectivity index (χ0v) is 11.8. The number of carbonyl (C=O) groups is 1. The van der Waals surface area contributed by atoms with Crippen LogP contribution >= 0.6 is 0 Å². The molecule has 0 aliphatic carbocycles. The highest BCUT2D eigenvalue weighted by Gasteiger charge is 2.19. The van der Waals surface area contributed by atoms with Gasteiger partial charge in [0.05, 0.1) is 5.69 Å². The van der Waals surface area contributed by atoms with Crippen LogP contribution in [-0.4, -0.2) is 35.4 Å². The smallest absolute Gasteiger partial charge is 0.232 e. The summed E-state index contributed by atoms with van der Waals surface area (Å²) in [5, 5.41) is 2.78. The molecule has 0 bridgehead atoms. The number of amides is 1. The van der Waals surface area contributed by atoms with Crippen LogP contribution < -0.4 is 5.32 Å². The normalized spacial score (nSPS) is 16.4. The van der Waals surface area contributed by atoms with Crippen molar-refractivity contribution in [1.29, 1.82) is 0 Å². The first-order valence-electron chi connectivity index (χ1n) is 7.01. The van der Waals surface area contributed by atoms with Crippen molar-refractivity contribution in [1.82, 2.24) is 15.2 Å². The highest BCUT2D eigenvalue weighted by molar-refractivity contribution is 5.76. The lowest BCUT2D eigenvalue weighted by Crippen LogP contribution is -2.28. The van der Waals surface area contributed by atoms with E-state index in [-0.39, 0.29) is 17.4 Å². The number of hydrogen-bond donors (Lipinski definition) is 1. The standard InChI is InChI=1S/C15H15F2N3O2/c16-11-2-1-3-12(17)14(11)15-19-10(9-22-15)8-20-6-4-13(21)18-5-7-20/h1-3,9H,4-8H2,(H,18,21). The maximum Gasteiger partial charge on any atom is 0.232 e. The molecule has 0 radical (unpaired) electrons. The van der Waals surface area contributed by atoms with E-state index >= 15 is 0 Å². The molecule has 5 nitrogen and oxygen atoms in total. The topological polar surface area (TPSA) is 58.4 Å². The van der Waals surface area contributed by atoms with Gasteiger partial charge in [-0.3, -0.25) is 9.69 Å². The molecular weight excluding hydrogens is 292 g/mol. The Bertz CT molecular complexity index is 667. The van der Waals surface area contributed by atoms with Gasteiger partial charge in [0.1, 0.15) is 23.5 Å². The van der Waals surface area contributed by atoms with Gasteiger partial charge in [0, 0.05) is 32.6 Å². The molecule has 1 N–H and O–H groups in total. The average molecular weight is 307 g/mol. The third-order valence-corrected chi connectivity index (χ3v) is 3.52. The molecule has 22 heavy (non-hydrogen) atoms. The summed E-state index contributed by atoms with van der Waals surface area (Å²) < 4.78 is 32.6. The van der Waals surface area contributed by atoms with Crippen molar-refractivity contribution in [2.24, 2.45) is 0 Å². The first kappa shape index (κ1) is 14.6. The van der Waals surface area contributed by atoms with E-state index in [9.17, 15) is 13.6 Å². The molecule has 7 heteroatoms. The summed E-state index contributed by atoms with van der Waals surface area (Å²) >= 11 is 0. The monoisotopic (exact) mass is 307 g/mol. The van der Waals surface area contributed by atoms with Gasteiger partial charge in [-0.15, -0.1) is 0 Å². The number of oxazole rings is 1. The quantitative estimate of drug-likeness (QED) is 0.941. The van der Waals surface area contributed by atoms with E-state index in [0.29, 0.717) is 38.3 Å². The molecule has 1 aliphatic rings. The molecule has 3 rings (SSSR count). The summed E-state index contributed by atoms with van der Waals surface area (Å²) in [6.07, 6.45) is 1.81. The molecule has 1 aliphatic heterocycles. The molecule has 2 aromatic rings. The third kappa shape index (κ3) is 3.14. The molecule has 1 aromatic heterocycles. The predicted molar refractivity (Wildman–Crippen MR) is 74.8 cm³/mol. The molecule has 1 fully saturated rings. The molecular formula is C15H15F2N3O2. The molecule has 2 heterocycles. The Labute approximate surface area is 125 Å². The molecule has 1 saturated heterocycles. The largest absolute Gasteiger partial charge is 0.444 e. The fourth-order valence-corrected chi connectivity index (χ4v) is 2.40. The Balaban J connectivity index is 1.75. The fraction of sp³-hybridized carbons (Fsp3) is 0.333. The van der Waals surface area contributed by atoms with E-state index in [1.807, 2.05) is 4.90 Å². The van der Waals surface area contributed by atoms with Crippen LogP contribution in [0, 0.1) is 11.6 Å². The minimum atomic E-state index is -0.710. The van der Waals surface area contributed by atoms with Gasteiger partial charge in [-0.05, 0) is 12.1 Å². The van der Waals surface area contributed by atoms with Gasteiger partial charge in [0.25, 0.3) is 0 Å². The maximum absolute atomic E-state index is 13.7. The first-order chi connectivity index (χ1) is 10.6. The third-order valence-electron chi connectivity index (χ3n) is 3.52. The van der Waals surface area contributed by atoms with E-state index in [0.717, 1.165) is 12.1 Å². The van der Waals surface area contributed by atoms with Crippen molar-refractivity contribution in [2.75, 3.05) is 19.6 Å². The van der Waals surface area contributed by atoms with Gasteiger partial charge in [0.2, 0.25) is 11.8 Å². The summed E-state index contributed by atoms with van der Waals surface area (Å²) in [6.45, 7) is 2.35. The second kappa shape index (κ2) is 6.23. The van der Waals surface area contributed by atoms with Crippen molar-refractivity contribution < 1.29 is 18.0 Å². The molecule has 0 atom stereocenters. The second-order valence-corrected chi connectivity index (χ2v) is 5.12. The minimum absolute atomic E-state index is 0.0248. The van der Waals surface area contributed by atoms with Crippen LogP contribution in [-0.2, 0) is 11.3 Å². The van der Waals surface area contributed by atoms with E-state index in [4.69, 9.17) is 4.42 Å². The minimum Gasteiger partial charge on any atom is -0.444 e. The van der Waals surface area contributed by atoms with Crippen molar-refractivity contribution in [3.63, 3.8) is 0 Å². The van der Waals surface area contributed by atoms with E-state index < -0.39 is 11.6 Å². The Morgan fingerprint density at radius 1 is 1.27 bits per heavy atom. The van der Waals surface area contributed by atoms with Crippen LogP contribution in [0.3, 0.4) is 0 Å². The number of nitrogens with zero attached hydrogens (tertiary/aromatic N) is 2. The van der Waals surface area contributed by atoms with Crippen molar-refractivity contribution in [3.05, 3.63) is 41.8 Å². The van der Waals surface area contributed by atoms with Gasteiger partial charge in [0.15, 0.2) is 0 Å². The predicted octanol–water partition coefficient (Wildman–Crippen LogP) is 1.94. The first-order valence-corrected chi connectivity index (χ1v) is 7.01. The van der Waals surface area contributed by atoms with Crippen LogP contribution in [0.25, 0.3) is 11.5 Å². The Morgan fingerprint density at radius 2 is 2.05 bits per heavy atom. The van der Waals surface area contributed by atoms with Gasteiger partial charge < -0.3 is 9.73 Å². The molecule has 1 aromatic carbocycles. The summed E-state index contributed by atoms with van der Waals surface area (Å²) in [7, 11) is 0. The Kier molecular flexibility index (Phi) is 4.15. The highest BCUT2D eigenvalue weighted by Crippen LogP contribution is 2.25. The lowest BCUT2D eigenvalue weighted by atomic mass is 10.2. The van der Waals surface area contributed by atoms with Crippen LogP contribution in [0.4, 0.5) is 8.78 Å². The number of rotatable bonds is 3. The number of aromatic nitrogens is 1. The van der Waals surface area contributed by atoms with Crippen LogP contribution in [0.1, 0.15) is 12.1 Å². The maximum atomic E-state index is 13.7. The molecule has 0 spiro atoms. The van der Waals surface area contributed by atoms with Crippen molar-refractivity contribution in [3.8, 4) is 11.5 Å². The fourth-order valence-electron chi connectivity index (χ4n) is 2.40. The summed E-state index contributed by atoms with van der Waals surface area (Å²) in [6, 6.07) is 3.61. The summed E-state index contributed by atoms with van der Waals surface area (Å²) in [4.78, 5) is 17.5. The van der Waals surface area contributed by atoms with Gasteiger partial charge in [-0.2, -0.15) is 0 Å².